The smallest absolute Gasteiger partial charge is 0.227 e. The Bertz CT molecular complexity index is 802. The van der Waals surface area contributed by atoms with Crippen molar-refractivity contribution in [1.82, 2.24) is 24.8 Å². The summed E-state index contributed by atoms with van der Waals surface area (Å²) in [5.74, 6) is 1.26. The Hall–Kier alpha value is -2.58. The third kappa shape index (κ3) is 5.31. The SMILES string of the molecule is CC(CN1CCOCC1)C(=O)N1CCC(c2ccc(Nc3ncccn3)cn2)CC1. The Kier molecular flexibility index (Phi) is 6.86. The van der Waals surface area contributed by atoms with Gasteiger partial charge in [0.2, 0.25) is 11.9 Å². The third-order valence-electron chi connectivity index (χ3n) is 5.89. The molecule has 1 amide bonds. The summed E-state index contributed by atoms with van der Waals surface area (Å²) in [6, 6.07) is 5.86. The molecule has 8 heteroatoms. The molecule has 0 aliphatic carbocycles. The first-order chi connectivity index (χ1) is 14.7. The van der Waals surface area contributed by atoms with Crippen LogP contribution in [0.2, 0.25) is 0 Å². The number of nitrogens with zero attached hydrogens (tertiary/aromatic N) is 5. The number of aromatic nitrogens is 3. The predicted molar refractivity (Wildman–Crippen MR) is 115 cm³/mol. The number of piperidine rings is 1. The highest BCUT2D eigenvalue weighted by atomic mass is 16.5. The van der Waals surface area contributed by atoms with E-state index >= 15 is 0 Å². The minimum Gasteiger partial charge on any atom is -0.379 e. The van der Waals surface area contributed by atoms with E-state index in [1.807, 2.05) is 24.1 Å². The molecule has 1 unspecified atom stereocenters. The van der Waals surface area contributed by atoms with Gasteiger partial charge in [-0.05, 0) is 31.0 Å². The summed E-state index contributed by atoms with van der Waals surface area (Å²) < 4.78 is 5.40. The van der Waals surface area contributed by atoms with E-state index in [4.69, 9.17) is 4.74 Å². The summed E-state index contributed by atoms with van der Waals surface area (Å²) in [6.07, 6.45) is 7.14. The molecule has 160 valence electrons. The summed E-state index contributed by atoms with van der Waals surface area (Å²) in [7, 11) is 0. The van der Waals surface area contributed by atoms with Crippen LogP contribution in [0.5, 0.6) is 0 Å². The molecule has 0 bridgehead atoms. The van der Waals surface area contributed by atoms with Gasteiger partial charge >= 0.3 is 0 Å². The maximum atomic E-state index is 12.9. The normalized spacial score (nSPS) is 19.4. The quantitative estimate of drug-likeness (QED) is 0.782. The maximum Gasteiger partial charge on any atom is 0.227 e. The standard InChI is InChI=1S/C22H30N6O2/c1-17(16-27-11-13-30-14-12-27)21(29)28-9-5-18(6-10-28)20-4-3-19(15-25-20)26-22-23-7-2-8-24-22/h2-4,7-8,15,17-18H,5-6,9-14,16H2,1H3,(H,23,24,26). The van der Waals surface area contributed by atoms with Crippen LogP contribution in [0.25, 0.3) is 0 Å². The van der Waals surface area contributed by atoms with Gasteiger partial charge in [-0.3, -0.25) is 14.7 Å². The van der Waals surface area contributed by atoms with E-state index in [0.29, 0.717) is 11.9 Å². The molecular formula is C22H30N6O2. The van der Waals surface area contributed by atoms with Crippen molar-refractivity contribution in [1.29, 1.82) is 0 Å². The van der Waals surface area contributed by atoms with Gasteiger partial charge in [-0.1, -0.05) is 6.92 Å². The molecule has 0 aromatic carbocycles. The molecule has 30 heavy (non-hydrogen) atoms. The lowest BCUT2D eigenvalue weighted by molar-refractivity contribution is -0.137. The second kappa shape index (κ2) is 9.95. The van der Waals surface area contributed by atoms with Crippen molar-refractivity contribution in [3.8, 4) is 0 Å². The number of hydrogen-bond acceptors (Lipinski definition) is 7. The molecule has 1 N–H and O–H groups in total. The average molecular weight is 411 g/mol. The Balaban J connectivity index is 1.26. The van der Waals surface area contributed by atoms with Gasteiger partial charge in [0, 0.05) is 62.6 Å². The van der Waals surface area contributed by atoms with E-state index in [0.717, 1.165) is 70.2 Å². The topological polar surface area (TPSA) is 83.5 Å². The number of carbonyl (C=O) groups excluding carboxylic acids is 1. The number of rotatable bonds is 6. The second-order valence-electron chi connectivity index (χ2n) is 8.08. The Morgan fingerprint density at radius 3 is 2.53 bits per heavy atom. The molecule has 2 aromatic rings. The zero-order valence-corrected chi connectivity index (χ0v) is 17.5. The fourth-order valence-corrected chi connectivity index (χ4v) is 4.17. The molecule has 2 saturated heterocycles. The number of pyridine rings is 1. The zero-order chi connectivity index (χ0) is 20.8. The van der Waals surface area contributed by atoms with E-state index in [1.54, 1.807) is 18.5 Å². The summed E-state index contributed by atoms with van der Waals surface area (Å²) >= 11 is 0. The molecule has 0 spiro atoms. The molecule has 4 rings (SSSR count). The molecule has 2 fully saturated rings. The summed E-state index contributed by atoms with van der Waals surface area (Å²) in [5, 5.41) is 3.15. The first-order valence-electron chi connectivity index (χ1n) is 10.8. The van der Waals surface area contributed by atoms with Crippen molar-refractivity contribution in [2.24, 2.45) is 5.92 Å². The number of amides is 1. The Morgan fingerprint density at radius 2 is 1.87 bits per heavy atom. The van der Waals surface area contributed by atoms with Crippen LogP contribution in [0, 0.1) is 5.92 Å². The van der Waals surface area contributed by atoms with Gasteiger partial charge in [-0.2, -0.15) is 0 Å². The minimum absolute atomic E-state index is 0.0309. The predicted octanol–water partition coefficient (Wildman–Crippen LogP) is 2.29. The first-order valence-corrected chi connectivity index (χ1v) is 10.8. The van der Waals surface area contributed by atoms with Crippen LogP contribution in [0.1, 0.15) is 31.4 Å². The summed E-state index contributed by atoms with van der Waals surface area (Å²) in [5.41, 5.74) is 1.96. The van der Waals surface area contributed by atoms with E-state index in [-0.39, 0.29) is 11.8 Å². The van der Waals surface area contributed by atoms with E-state index in [9.17, 15) is 4.79 Å². The number of anilines is 2. The highest BCUT2D eigenvalue weighted by Crippen LogP contribution is 2.28. The fourth-order valence-electron chi connectivity index (χ4n) is 4.17. The van der Waals surface area contributed by atoms with Crippen molar-refractivity contribution < 1.29 is 9.53 Å². The van der Waals surface area contributed by atoms with Gasteiger partial charge in [0.15, 0.2) is 0 Å². The summed E-state index contributed by atoms with van der Waals surface area (Å²) in [4.78, 5) is 30.2. The second-order valence-corrected chi connectivity index (χ2v) is 8.08. The lowest BCUT2D eigenvalue weighted by Gasteiger charge is -2.35. The molecule has 0 radical (unpaired) electrons. The average Bonchev–Trinajstić information content (AvgIpc) is 2.80. The number of likely N-dealkylation sites (tertiary alicyclic amines) is 1. The van der Waals surface area contributed by atoms with Gasteiger partial charge in [-0.25, -0.2) is 9.97 Å². The first kappa shape index (κ1) is 20.7. The Morgan fingerprint density at radius 1 is 1.13 bits per heavy atom. The van der Waals surface area contributed by atoms with Crippen LogP contribution >= 0.6 is 0 Å². The number of hydrogen-bond donors (Lipinski definition) is 1. The number of nitrogens with one attached hydrogen (secondary N) is 1. The Labute approximate surface area is 177 Å². The van der Waals surface area contributed by atoms with Crippen molar-refractivity contribution in [3.63, 3.8) is 0 Å². The van der Waals surface area contributed by atoms with Crippen LogP contribution in [0.4, 0.5) is 11.6 Å². The van der Waals surface area contributed by atoms with Crippen LogP contribution in [-0.2, 0) is 9.53 Å². The number of ether oxygens (including phenoxy) is 1. The van der Waals surface area contributed by atoms with Gasteiger partial charge in [0.25, 0.3) is 0 Å². The minimum atomic E-state index is 0.0309. The highest BCUT2D eigenvalue weighted by Gasteiger charge is 2.28. The van der Waals surface area contributed by atoms with Crippen LogP contribution in [-0.4, -0.2) is 76.6 Å². The molecule has 2 aliphatic rings. The van der Waals surface area contributed by atoms with E-state index in [1.165, 1.54) is 0 Å². The van der Waals surface area contributed by atoms with Crippen molar-refractivity contribution >= 4 is 17.5 Å². The van der Waals surface area contributed by atoms with Crippen LogP contribution in [0.15, 0.2) is 36.8 Å². The van der Waals surface area contributed by atoms with Crippen molar-refractivity contribution in [2.75, 3.05) is 51.3 Å². The van der Waals surface area contributed by atoms with E-state index in [2.05, 4.69) is 31.2 Å². The van der Waals surface area contributed by atoms with Gasteiger partial charge in [0.05, 0.1) is 25.1 Å². The van der Waals surface area contributed by atoms with Crippen molar-refractivity contribution in [3.05, 3.63) is 42.5 Å². The van der Waals surface area contributed by atoms with Crippen molar-refractivity contribution in [2.45, 2.75) is 25.7 Å². The lowest BCUT2D eigenvalue weighted by Crippen LogP contribution is -2.46. The lowest BCUT2D eigenvalue weighted by atomic mass is 9.92. The zero-order valence-electron chi connectivity index (χ0n) is 17.5. The van der Waals surface area contributed by atoms with Crippen LogP contribution < -0.4 is 5.32 Å². The largest absolute Gasteiger partial charge is 0.379 e. The summed E-state index contributed by atoms with van der Waals surface area (Å²) in [6.45, 7) is 7.86. The van der Waals surface area contributed by atoms with E-state index < -0.39 is 0 Å². The molecule has 4 heterocycles. The molecule has 8 nitrogen and oxygen atoms in total. The van der Waals surface area contributed by atoms with Gasteiger partial charge in [0.1, 0.15) is 0 Å². The molecule has 0 saturated carbocycles. The molecule has 2 aromatic heterocycles. The molecule has 1 atom stereocenters. The monoisotopic (exact) mass is 410 g/mol. The van der Waals surface area contributed by atoms with Gasteiger partial charge < -0.3 is 15.0 Å². The maximum absolute atomic E-state index is 12.9. The fraction of sp³-hybridized carbons (Fsp3) is 0.545. The van der Waals surface area contributed by atoms with Gasteiger partial charge in [-0.15, -0.1) is 0 Å². The highest BCUT2D eigenvalue weighted by molar-refractivity contribution is 5.78. The molecule has 2 aliphatic heterocycles. The molecular weight excluding hydrogens is 380 g/mol. The number of carbonyl (C=O) groups is 1. The third-order valence-corrected chi connectivity index (χ3v) is 5.89. The number of morpholine rings is 1. The van der Waals surface area contributed by atoms with Crippen LogP contribution in [0.3, 0.4) is 0 Å².